The molecule has 1 aromatic carbocycles. The van der Waals surface area contributed by atoms with Crippen molar-refractivity contribution >= 4 is 28.4 Å². The van der Waals surface area contributed by atoms with Crippen LogP contribution in [-0.2, 0) is 6.54 Å². The van der Waals surface area contributed by atoms with Gasteiger partial charge in [-0.25, -0.2) is 14.4 Å². The minimum absolute atomic E-state index is 0.0911. The van der Waals surface area contributed by atoms with E-state index in [2.05, 4.69) is 15.4 Å². The van der Waals surface area contributed by atoms with E-state index in [1.807, 2.05) is 73.0 Å². The number of carbonyl (C=O) groups excluding carboxylic acids is 1. The number of aromatic nitrogens is 5. The first-order chi connectivity index (χ1) is 18.8. The molecule has 9 nitrogen and oxygen atoms in total. The molecule has 2 atom stereocenters. The number of benzene rings is 1. The van der Waals surface area contributed by atoms with Gasteiger partial charge < -0.3 is 19.9 Å². The smallest absolute Gasteiger partial charge is 0.257 e. The average Bonchev–Trinajstić information content (AvgIpc) is 3.52. The lowest BCUT2D eigenvalue weighted by Gasteiger charge is -2.32. The summed E-state index contributed by atoms with van der Waals surface area (Å²) >= 11 is 0. The van der Waals surface area contributed by atoms with Crippen LogP contribution >= 0.6 is 0 Å². The third-order valence-corrected chi connectivity index (χ3v) is 7.37. The lowest BCUT2D eigenvalue weighted by Crippen LogP contribution is -2.50. The van der Waals surface area contributed by atoms with Gasteiger partial charge in [-0.05, 0) is 38.3 Å². The molecule has 10 heteroatoms. The van der Waals surface area contributed by atoms with Gasteiger partial charge in [0, 0.05) is 42.8 Å². The molecule has 39 heavy (non-hydrogen) atoms. The summed E-state index contributed by atoms with van der Waals surface area (Å²) in [5.41, 5.74) is 3.74. The molecule has 0 aliphatic heterocycles. The highest BCUT2D eigenvalue weighted by Gasteiger charge is 2.31. The fraction of sp³-hybridized carbons (Fsp3) is 0.310. The van der Waals surface area contributed by atoms with Crippen LogP contribution in [0.15, 0.2) is 61.1 Å². The number of pyridine rings is 1. The van der Waals surface area contributed by atoms with E-state index in [0.717, 1.165) is 17.8 Å². The zero-order chi connectivity index (χ0) is 27.3. The van der Waals surface area contributed by atoms with Crippen LogP contribution in [0.3, 0.4) is 0 Å². The number of hydrogen-bond acceptors (Lipinski definition) is 6. The largest absolute Gasteiger partial charge is 0.391 e. The van der Waals surface area contributed by atoms with Crippen LogP contribution in [0.25, 0.3) is 27.9 Å². The van der Waals surface area contributed by atoms with E-state index in [4.69, 9.17) is 4.98 Å². The number of aliphatic hydroxyl groups excluding tert-OH is 1. The number of hydrogen-bond donors (Lipinski definition) is 2. The standard InChI is InChI=1S/C29H30FN7O2/c1-17(2)36-16-22(20-11-19(30)13-31-27(20)36)24-12-26(35(3)15-18-7-5-4-6-8-18)37-28(33-24)21(14-32-37)29(39)34-23-9-10-25(23)38/h4-8,11-14,16-17,23,25,38H,9-10,15H2,1-3H3,(H,34,39)/t23-,25+/m0/s1. The van der Waals surface area contributed by atoms with Crippen molar-refractivity contribution in [3.8, 4) is 11.3 Å². The predicted octanol–water partition coefficient (Wildman–Crippen LogP) is 4.36. The number of aliphatic hydroxyl groups is 1. The Morgan fingerprint density at radius 2 is 1.97 bits per heavy atom. The monoisotopic (exact) mass is 527 g/mol. The molecule has 4 heterocycles. The normalized spacial score (nSPS) is 17.1. The van der Waals surface area contributed by atoms with E-state index in [-0.39, 0.29) is 18.0 Å². The maximum Gasteiger partial charge on any atom is 0.257 e. The van der Waals surface area contributed by atoms with E-state index in [1.165, 1.54) is 18.5 Å². The predicted molar refractivity (Wildman–Crippen MR) is 147 cm³/mol. The molecule has 4 aromatic heterocycles. The molecule has 5 aromatic rings. The first-order valence-corrected chi connectivity index (χ1v) is 13.1. The highest BCUT2D eigenvalue weighted by atomic mass is 19.1. The Labute approximate surface area is 224 Å². The summed E-state index contributed by atoms with van der Waals surface area (Å²) in [5, 5.41) is 18.1. The van der Waals surface area contributed by atoms with Crippen LogP contribution in [0.1, 0.15) is 48.7 Å². The van der Waals surface area contributed by atoms with Crippen molar-refractivity contribution in [3.05, 3.63) is 78.0 Å². The summed E-state index contributed by atoms with van der Waals surface area (Å²) < 4.78 is 18.0. The summed E-state index contributed by atoms with van der Waals surface area (Å²) in [7, 11) is 1.95. The molecule has 0 radical (unpaired) electrons. The van der Waals surface area contributed by atoms with E-state index in [0.29, 0.717) is 46.5 Å². The third kappa shape index (κ3) is 4.50. The van der Waals surface area contributed by atoms with E-state index in [9.17, 15) is 14.3 Å². The molecule has 0 unspecified atom stereocenters. The number of nitrogens with zero attached hydrogens (tertiary/aromatic N) is 6. The van der Waals surface area contributed by atoms with Gasteiger partial charge in [-0.3, -0.25) is 4.79 Å². The number of halogens is 1. The number of nitrogens with one attached hydrogen (secondary N) is 1. The Morgan fingerprint density at radius 1 is 1.18 bits per heavy atom. The maximum absolute atomic E-state index is 14.4. The van der Waals surface area contributed by atoms with Gasteiger partial charge in [0.2, 0.25) is 0 Å². The van der Waals surface area contributed by atoms with Crippen LogP contribution in [0, 0.1) is 5.82 Å². The second-order valence-corrected chi connectivity index (χ2v) is 10.4. The van der Waals surface area contributed by atoms with Crippen molar-refractivity contribution in [2.75, 3.05) is 11.9 Å². The second kappa shape index (κ2) is 9.77. The second-order valence-electron chi connectivity index (χ2n) is 10.4. The molecular formula is C29H30FN7O2. The minimum Gasteiger partial charge on any atom is -0.391 e. The van der Waals surface area contributed by atoms with Crippen molar-refractivity contribution in [3.63, 3.8) is 0 Å². The summed E-state index contributed by atoms with van der Waals surface area (Å²) in [5.74, 6) is -0.0556. The fourth-order valence-corrected chi connectivity index (χ4v) is 5.06. The molecule has 0 spiro atoms. The Kier molecular flexibility index (Phi) is 6.26. The van der Waals surface area contributed by atoms with Gasteiger partial charge in [-0.2, -0.15) is 9.61 Å². The van der Waals surface area contributed by atoms with Gasteiger partial charge in [-0.1, -0.05) is 30.3 Å². The lowest BCUT2D eigenvalue weighted by atomic mass is 9.89. The van der Waals surface area contributed by atoms with Crippen LogP contribution in [-0.4, -0.2) is 54.4 Å². The van der Waals surface area contributed by atoms with Crippen LogP contribution in [0.4, 0.5) is 10.2 Å². The highest BCUT2D eigenvalue weighted by molar-refractivity contribution is 6.01. The molecule has 1 fully saturated rings. The van der Waals surface area contributed by atoms with Crippen molar-refractivity contribution in [1.82, 2.24) is 29.5 Å². The van der Waals surface area contributed by atoms with Crippen molar-refractivity contribution in [2.45, 2.75) is 51.4 Å². The van der Waals surface area contributed by atoms with Gasteiger partial charge in [0.15, 0.2) is 5.65 Å². The Bertz CT molecular complexity index is 1680. The van der Waals surface area contributed by atoms with Crippen LogP contribution in [0.5, 0.6) is 0 Å². The quantitative estimate of drug-likeness (QED) is 0.326. The van der Waals surface area contributed by atoms with E-state index < -0.39 is 11.9 Å². The summed E-state index contributed by atoms with van der Waals surface area (Å²) in [4.78, 5) is 24.5. The molecule has 0 saturated heterocycles. The maximum atomic E-state index is 14.4. The van der Waals surface area contributed by atoms with Gasteiger partial charge in [0.25, 0.3) is 5.91 Å². The lowest BCUT2D eigenvalue weighted by molar-refractivity contribution is 0.0448. The molecule has 0 bridgehead atoms. The van der Waals surface area contributed by atoms with Gasteiger partial charge >= 0.3 is 0 Å². The van der Waals surface area contributed by atoms with Gasteiger partial charge in [-0.15, -0.1) is 0 Å². The topological polar surface area (TPSA) is 101 Å². The zero-order valence-electron chi connectivity index (χ0n) is 22.0. The zero-order valence-corrected chi connectivity index (χ0v) is 22.0. The summed E-state index contributed by atoms with van der Waals surface area (Å²) in [6.45, 7) is 4.68. The third-order valence-electron chi connectivity index (χ3n) is 7.37. The number of anilines is 1. The Hall–Kier alpha value is -4.31. The SMILES string of the molecule is CC(C)n1cc(-c2cc(N(C)Cc3ccccc3)n3ncc(C(=O)N[C@H]4CC[C@H]4O)c3n2)c2cc(F)cnc21. The first kappa shape index (κ1) is 25.0. The number of rotatable bonds is 7. The average molecular weight is 528 g/mol. The molecule has 1 aliphatic rings. The van der Waals surface area contributed by atoms with Crippen molar-refractivity contribution in [1.29, 1.82) is 0 Å². The van der Waals surface area contributed by atoms with E-state index in [1.54, 1.807) is 4.52 Å². The fourth-order valence-electron chi connectivity index (χ4n) is 5.06. The molecular weight excluding hydrogens is 497 g/mol. The summed E-state index contributed by atoms with van der Waals surface area (Å²) in [6.07, 6.45) is 5.50. The van der Waals surface area contributed by atoms with Crippen molar-refractivity contribution < 1.29 is 14.3 Å². The minimum atomic E-state index is -0.545. The number of amides is 1. The number of carbonyl (C=O) groups is 1. The first-order valence-electron chi connectivity index (χ1n) is 13.1. The van der Waals surface area contributed by atoms with Gasteiger partial charge in [0.1, 0.15) is 22.8 Å². The van der Waals surface area contributed by atoms with Crippen LogP contribution in [0.2, 0.25) is 0 Å². The van der Waals surface area contributed by atoms with E-state index >= 15 is 0 Å². The Balaban J connectivity index is 1.52. The Morgan fingerprint density at radius 3 is 2.67 bits per heavy atom. The molecule has 200 valence electrons. The van der Waals surface area contributed by atoms with Gasteiger partial charge in [0.05, 0.1) is 30.2 Å². The van der Waals surface area contributed by atoms with Crippen LogP contribution < -0.4 is 10.2 Å². The molecule has 6 rings (SSSR count). The summed E-state index contributed by atoms with van der Waals surface area (Å²) in [6, 6.07) is 13.2. The molecule has 2 N–H and O–H groups in total. The molecule has 1 saturated carbocycles. The molecule has 1 amide bonds. The number of fused-ring (bicyclic) bond motifs is 2. The highest BCUT2D eigenvalue weighted by Crippen LogP contribution is 2.34. The molecule has 1 aliphatic carbocycles. The van der Waals surface area contributed by atoms with Crippen molar-refractivity contribution in [2.24, 2.45) is 0 Å².